The Morgan fingerprint density at radius 1 is 0.564 bits per heavy atom. The van der Waals surface area contributed by atoms with E-state index in [1.807, 2.05) is 20.8 Å². The molecule has 0 spiro atoms. The van der Waals surface area contributed by atoms with E-state index in [9.17, 15) is 38.4 Å². The number of benzene rings is 2. The fourth-order valence-corrected chi connectivity index (χ4v) is 3.59. The third kappa shape index (κ3) is 22.4. The molecule has 0 atom stereocenters. The first kappa shape index (κ1) is 48.8. The number of nitrogens with one attached hydrogen (secondary N) is 3. The average molecular weight is 779 g/mol. The number of para-hydroxylation sites is 2. The number of aromatic carboxylic acids is 1. The second-order valence-corrected chi connectivity index (χ2v) is 12.8. The maximum atomic E-state index is 12.4. The van der Waals surface area contributed by atoms with E-state index in [0.29, 0.717) is 13.1 Å². The number of rotatable bonds is 11. The van der Waals surface area contributed by atoms with Gasteiger partial charge < -0.3 is 55.2 Å². The highest BCUT2D eigenvalue weighted by Crippen LogP contribution is 2.32. The van der Waals surface area contributed by atoms with Crippen LogP contribution in [-0.4, -0.2) is 90.4 Å². The van der Waals surface area contributed by atoms with Crippen molar-refractivity contribution in [2.24, 2.45) is 5.73 Å². The Kier molecular flexibility index (Phi) is 20.8. The maximum absolute atomic E-state index is 12.4. The smallest absolute Gasteiger partial charge is 0.407 e. The van der Waals surface area contributed by atoms with Gasteiger partial charge in [-0.15, -0.1) is 0 Å². The molecule has 304 valence electrons. The number of carboxylic acid groups (broad SMARTS) is 1. The molecule has 6 N–H and O–H groups in total. The van der Waals surface area contributed by atoms with Crippen LogP contribution in [0.1, 0.15) is 90.0 Å². The van der Waals surface area contributed by atoms with Crippen molar-refractivity contribution in [2.75, 3.05) is 26.2 Å². The predicted octanol–water partition coefficient (Wildman–Crippen LogP) is 3.50. The summed E-state index contributed by atoms with van der Waals surface area (Å²) < 4.78 is 29.5. The number of ether oxygens (including phenoxy) is 6. The summed E-state index contributed by atoms with van der Waals surface area (Å²) >= 11 is 0. The number of hydrogen-bond donors (Lipinski definition) is 5. The van der Waals surface area contributed by atoms with Crippen molar-refractivity contribution in [1.82, 2.24) is 16.0 Å². The van der Waals surface area contributed by atoms with Crippen molar-refractivity contribution in [3.63, 3.8) is 0 Å². The van der Waals surface area contributed by atoms with Gasteiger partial charge in [-0.05, 0) is 65.8 Å². The zero-order valence-electron chi connectivity index (χ0n) is 32.5. The van der Waals surface area contributed by atoms with Gasteiger partial charge in [-0.3, -0.25) is 24.0 Å². The minimum atomic E-state index is -1.28. The van der Waals surface area contributed by atoms with E-state index in [2.05, 4.69) is 16.0 Å². The molecule has 0 unspecified atom stereocenters. The molecule has 0 radical (unpaired) electrons. The molecule has 2 rings (SSSR count). The van der Waals surface area contributed by atoms with E-state index in [1.54, 1.807) is 20.8 Å². The molecular formula is C36H50N4O15. The van der Waals surface area contributed by atoms with Gasteiger partial charge in [0.1, 0.15) is 16.8 Å². The molecule has 0 aliphatic rings. The fraction of sp³-hybridized carbons (Fsp3) is 0.444. The largest absolute Gasteiger partial charge is 0.478 e. The summed E-state index contributed by atoms with van der Waals surface area (Å²) in [6, 6.07) is 8.27. The Bertz CT molecular complexity index is 1680. The van der Waals surface area contributed by atoms with E-state index < -0.39 is 59.1 Å². The molecule has 2 aromatic carbocycles. The number of nitrogens with two attached hydrogens (primary N) is 1. The Balaban J connectivity index is 0.000000885. The first-order valence-electron chi connectivity index (χ1n) is 16.5. The topological polar surface area (TPSA) is 274 Å². The third-order valence-corrected chi connectivity index (χ3v) is 5.32. The summed E-state index contributed by atoms with van der Waals surface area (Å²) in [5.41, 5.74) is 3.88. The lowest BCUT2D eigenvalue weighted by Gasteiger charge is -2.19. The van der Waals surface area contributed by atoms with Crippen molar-refractivity contribution in [1.29, 1.82) is 0 Å². The molecule has 0 heterocycles. The van der Waals surface area contributed by atoms with E-state index in [4.69, 9.17) is 39.3 Å². The van der Waals surface area contributed by atoms with Crippen LogP contribution in [-0.2, 0) is 28.7 Å². The maximum Gasteiger partial charge on any atom is 0.407 e. The van der Waals surface area contributed by atoms with Crippen LogP contribution >= 0.6 is 0 Å². The van der Waals surface area contributed by atoms with Crippen LogP contribution in [0, 0.1) is 0 Å². The van der Waals surface area contributed by atoms with E-state index in [-0.39, 0.29) is 47.2 Å². The molecule has 0 fully saturated rings. The second kappa shape index (κ2) is 23.4. The van der Waals surface area contributed by atoms with Gasteiger partial charge in [0, 0.05) is 53.9 Å². The monoisotopic (exact) mass is 778 g/mol. The van der Waals surface area contributed by atoms with E-state index in [0.717, 1.165) is 20.8 Å². The highest BCUT2D eigenvalue weighted by atomic mass is 16.6. The second-order valence-electron chi connectivity index (χ2n) is 12.8. The molecule has 19 heteroatoms. The van der Waals surface area contributed by atoms with Crippen molar-refractivity contribution in [2.45, 2.75) is 80.4 Å². The number of esters is 4. The number of hydrogen-bond acceptors (Lipinski definition) is 15. The van der Waals surface area contributed by atoms with Crippen LogP contribution < -0.4 is 40.6 Å². The Labute approximate surface area is 318 Å². The van der Waals surface area contributed by atoms with Gasteiger partial charge in [-0.1, -0.05) is 12.1 Å². The molecule has 0 saturated carbocycles. The number of carbonyl (C=O) groups excluding carboxylic acids is 7. The SMILES string of the molecule is CC(=O)Oc1cccc(C(=O)NCCNC(=O)OC(C)(C)C)c1OC(C)=O.CC(=O)Oc1cccc(C(=O)O)c1OC(C)=O.CC(C)(C)OC(=O)NCCN. The van der Waals surface area contributed by atoms with Crippen LogP contribution in [0.25, 0.3) is 0 Å². The van der Waals surface area contributed by atoms with Gasteiger partial charge in [0.2, 0.25) is 0 Å². The quantitative estimate of drug-likeness (QED) is 0.124. The van der Waals surface area contributed by atoms with Crippen molar-refractivity contribution in [3.8, 4) is 23.0 Å². The average Bonchev–Trinajstić information content (AvgIpc) is 3.01. The number of alkyl carbamates (subject to hydrolysis) is 2. The summed E-state index contributed by atoms with van der Waals surface area (Å²) in [4.78, 5) is 89.9. The van der Waals surface area contributed by atoms with Gasteiger partial charge in [0.25, 0.3) is 5.91 Å². The van der Waals surface area contributed by atoms with Crippen LogP contribution in [0.15, 0.2) is 36.4 Å². The van der Waals surface area contributed by atoms with Gasteiger partial charge in [-0.2, -0.15) is 0 Å². The normalized spacial score (nSPS) is 10.3. The summed E-state index contributed by atoms with van der Waals surface area (Å²) in [5.74, 6) is -5.06. The van der Waals surface area contributed by atoms with Crippen LogP contribution in [0.3, 0.4) is 0 Å². The van der Waals surface area contributed by atoms with Crippen LogP contribution in [0.4, 0.5) is 9.59 Å². The molecule has 3 amide bonds. The van der Waals surface area contributed by atoms with Crippen molar-refractivity contribution < 1.29 is 71.9 Å². The first-order chi connectivity index (χ1) is 25.4. The molecule has 55 heavy (non-hydrogen) atoms. The lowest BCUT2D eigenvalue weighted by Crippen LogP contribution is -2.38. The third-order valence-electron chi connectivity index (χ3n) is 5.32. The lowest BCUT2D eigenvalue weighted by atomic mass is 10.1. The van der Waals surface area contributed by atoms with Gasteiger partial charge in [0.15, 0.2) is 23.0 Å². The summed E-state index contributed by atoms with van der Waals surface area (Å²) in [7, 11) is 0. The molecule has 0 bridgehead atoms. The molecule has 19 nitrogen and oxygen atoms in total. The summed E-state index contributed by atoms with van der Waals surface area (Å²) in [6.45, 7) is 16.4. The molecule has 0 aliphatic heterocycles. The van der Waals surface area contributed by atoms with Gasteiger partial charge in [0.05, 0.1) is 5.56 Å². The molecule has 0 aliphatic carbocycles. The van der Waals surface area contributed by atoms with E-state index >= 15 is 0 Å². The van der Waals surface area contributed by atoms with Crippen molar-refractivity contribution in [3.05, 3.63) is 47.5 Å². The Morgan fingerprint density at radius 3 is 1.29 bits per heavy atom. The minimum absolute atomic E-state index is 0.0150. The standard InChI is InChI=1S/C18H24N2O7.C11H10O6.C7H16N2O2/c1-11(21)25-14-8-6-7-13(15(14)26-12(2)22)16(23)19-9-10-20-17(24)27-18(3,4)5;1-6(12)16-9-5-3-4-8(11(14)15)10(9)17-7(2)13;1-7(2,3)11-6(10)9-5-4-8/h6-8H,9-10H2,1-5H3,(H,19,23)(H,20,24);3-5H,1-2H3,(H,14,15);4-5,8H2,1-3H3,(H,9,10). The number of carbonyl (C=O) groups is 8. The van der Waals surface area contributed by atoms with E-state index in [1.165, 1.54) is 43.3 Å². The zero-order valence-corrected chi connectivity index (χ0v) is 32.5. The first-order valence-corrected chi connectivity index (χ1v) is 16.5. The molecule has 2 aromatic rings. The lowest BCUT2D eigenvalue weighted by molar-refractivity contribution is -0.134. The number of carboxylic acids is 1. The summed E-state index contributed by atoms with van der Waals surface area (Å²) in [5, 5.41) is 16.5. The number of amides is 3. The Hall–Kier alpha value is -6.24. The zero-order chi connectivity index (χ0) is 42.5. The van der Waals surface area contributed by atoms with Crippen LogP contribution in [0.2, 0.25) is 0 Å². The highest BCUT2D eigenvalue weighted by Gasteiger charge is 2.22. The van der Waals surface area contributed by atoms with Crippen molar-refractivity contribution >= 4 is 47.9 Å². The molecular weight excluding hydrogens is 728 g/mol. The van der Waals surface area contributed by atoms with Gasteiger partial charge >= 0.3 is 42.0 Å². The Morgan fingerprint density at radius 2 is 0.927 bits per heavy atom. The molecule has 0 saturated heterocycles. The minimum Gasteiger partial charge on any atom is -0.478 e. The fourth-order valence-electron chi connectivity index (χ4n) is 3.59. The summed E-state index contributed by atoms with van der Waals surface area (Å²) in [6.07, 6.45) is -1.02. The molecule has 0 aromatic heterocycles. The highest BCUT2D eigenvalue weighted by molar-refractivity contribution is 5.99. The van der Waals surface area contributed by atoms with Crippen LogP contribution in [0.5, 0.6) is 23.0 Å². The predicted molar refractivity (Wildman–Crippen MR) is 195 cm³/mol. The van der Waals surface area contributed by atoms with Gasteiger partial charge in [-0.25, -0.2) is 14.4 Å².